The van der Waals surface area contributed by atoms with Crippen LogP contribution in [-0.4, -0.2) is 12.4 Å². The molecule has 0 aromatic heterocycles. The maximum absolute atomic E-state index is 5.98. The topological polar surface area (TPSA) is 9.23 Å². The van der Waals surface area contributed by atoms with Crippen LogP contribution in [0.4, 0.5) is 0 Å². The van der Waals surface area contributed by atoms with Crippen LogP contribution in [0.2, 0.25) is 0 Å². The smallest absolute Gasteiger partial charge is 0.119 e. The number of benzene rings is 2. The van der Waals surface area contributed by atoms with Crippen molar-refractivity contribution in [2.75, 3.05) is 12.4 Å². The molecule has 0 fully saturated rings. The van der Waals surface area contributed by atoms with Crippen LogP contribution in [0, 0.1) is 0 Å². The number of ether oxygens (including phenoxy) is 1. The Kier molecular flexibility index (Phi) is 3.79. The highest BCUT2D eigenvalue weighted by molar-refractivity contribution is 7.99. The van der Waals surface area contributed by atoms with Crippen molar-refractivity contribution in [3.05, 3.63) is 59.7 Å². The molecular formula is C17H18OS. The van der Waals surface area contributed by atoms with E-state index in [0.717, 1.165) is 24.5 Å². The minimum atomic E-state index is 0.520. The second-order valence-corrected chi connectivity index (χ2v) is 5.92. The normalized spacial score (nSPS) is 17.2. The third kappa shape index (κ3) is 2.79. The summed E-state index contributed by atoms with van der Waals surface area (Å²) in [7, 11) is 0. The Balaban J connectivity index is 1.67. The molecule has 0 aliphatic carbocycles. The molecule has 0 saturated carbocycles. The van der Waals surface area contributed by atoms with E-state index in [1.807, 2.05) is 17.8 Å². The minimum absolute atomic E-state index is 0.520. The molecule has 0 radical (unpaired) electrons. The van der Waals surface area contributed by atoms with Gasteiger partial charge in [-0.2, -0.15) is 0 Å². The van der Waals surface area contributed by atoms with Crippen molar-refractivity contribution in [1.29, 1.82) is 0 Å². The van der Waals surface area contributed by atoms with Crippen molar-refractivity contribution in [2.24, 2.45) is 0 Å². The molecular weight excluding hydrogens is 252 g/mol. The van der Waals surface area contributed by atoms with Gasteiger partial charge in [-0.3, -0.25) is 0 Å². The molecule has 98 valence electrons. The van der Waals surface area contributed by atoms with Crippen molar-refractivity contribution in [2.45, 2.75) is 24.2 Å². The average Bonchev–Trinajstić information content (AvgIpc) is 2.89. The van der Waals surface area contributed by atoms with E-state index in [9.17, 15) is 0 Å². The lowest BCUT2D eigenvalue weighted by Gasteiger charge is -2.13. The Morgan fingerprint density at radius 3 is 2.95 bits per heavy atom. The Bertz CT molecular complexity index is 565. The van der Waals surface area contributed by atoms with Crippen molar-refractivity contribution >= 4 is 11.8 Å². The first-order valence-electron chi connectivity index (χ1n) is 6.80. The molecule has 0 N–H and O–H groups in total. The van der Waals surface area contributed by atoms with Crippen LogP contribution in [0.25, 0.3) is 0 Å². The van der Waals surface area contributed by atoms with Gasteiger partial charge in [0.1, 0.15) is 5.75 Å². The second-order valence-electron chi connectivity index (χ2n) is 4.86. The molecule has 1 aliphatic heterocycles. The van der Waals surface area contributed by atoms with Gasteiger partial charge in [0.2, 0.25) is 0 Å². The average molecular weight is 270 g/mol. The van der Waals surface area contributed by atoms with Gasteiger partial charge in [-0.05, 0) is 35.7 Å². The zero-order chi connectivity index (χ0) is 13.1. The third-order valence-corrected chi connectivity index (χ3v) is 4.81. The minimum Gasteiger partial charge on any atom is -0.493 e. The van der Waals surface area contributed by atoms with Gasteiger partial charge in [-0.25, -0.2) is 0 Å². The summed E-state index contributed by atoms with van der Waals surface area (Å²) in [6.07, 6.45) is 1.05. The fraction of sp³-hybridized carbons (Fsp3) is 0.294. The van der Waals surface area contributed by atoms with E-state index in [2.05, 4.69) is 49.4 Å². The van der Waals surface area contributed by atoms with E-state index < -0.39 is 0 Å². The molecule has 2 aromatic carbocycles. The lowest BCUT2D eigenvalue weighted by molar-refractivity contribution is 0.298. The summed E-state index contributed by atoms with van der Waals surface area (Å²) in [5.74, 6) is 2.65. The Hall–Kier alpha value is -1.41. The van der Waals surface area contributed by atoms with Gasteiger partial charge in [-0.1, -0.05) is 37.3 Å². The standard InChI is InChI=1S/C17H18OS/c1-2-13-6-5-7-15(10-13)18-11-14-12-19-17-9-4-3-8-16(14)17/h3-10,14H,2,11-12H2,1H3. The summed E-state index contributed by atoms with van der Waals surface area (Å²) in [5.41, 5.74) is 2.78. The Morgan fingerprint density at radius 1 is 1.16 bits per heavy atom. The lowest BCUT2D eigenvalue weighted by Crippen LogP contribution is -2.09. The molecule has 1 nitrogen and oxygen atoms in total. The first-order chi connectivity index (χ1) is 9.36. The SMILES string of the molecule is CCc1cccc(OCC2CSc3ccccc32)c1. The number of hydrogen-bond donors (Lipinski definition) is 0. The largest absolute Gasteiger partial charge is 0.493 e. The molecule has 1 unspecified atom stereocenters. The number of fused-ring (bicyclic) bond motifs is 1. The summed E-state index contributed by atoms with van der Waals surface area (Å²) < 4.78 is 5.98. The molecule has 2 heteroatoms. The van der Waals surface area contributed by atoms with Gasteiger partial charge in [0.05, 0.1) is 6.61 Å². The lowest BCUT2D eigenvalue weighted by atomic mass is 10.0. The summed E-state index contributed by atoms with van der Waals surface area (Å²) in [5, 5.41) is 0. The fourth-order valence-corrected chi connectivity index (χ4v) is 3.65. The molecule has 1 atom stereocenters. The highest BCUT2D eigenvalue weighted by Gasteiger charge is 2.23. The Morgan fingerprint density at radius 2 is 2.05 bits per heavy atom. The van der Waals surface area contributed by atoms with E-state index in [4.69, 9.17) is 4.74 Å². The van der Waals surface area contributed by atoms with Crippen LogP contribution in [0.3, 0.4) is 0 Å². The van der Waals surface area contributed by atoms with Gasteiger partial charge in [-0.15, -0.1) is 11.8 Å². The highest BCUT2D eigenvalue weighted by atomic mass is 32.2. The zero-order valence-electron chi connectivity index (χ0n) is 11.1. The van der Waals surface area contributed by atoms with Crippen molar-refractivity contribution in [3.63, 3.8) is 0 Å². The summed E-state index contributed by atoms with van der Waals surface area (Å²) in [6, 6.07) is 17.1. The maximum Gasteiger partial charge on any atom is 0.119 e. The number of thioether (sulfide) groups is 1. The van der Waals surface area contributed by atoms with Gasteiger partial charge < -0.3 is 4.74 Å². The molecule has 2 aromatic rings. The highest BCUT2D eigenvalue weighted by Crippen LogP contribution is 2.39. The van der Waals surface area contributed by atoms with Crippen LogP contribution < -0.4 is 4.74 Å². The molecule has 3 rings (SSSR count). The molecule has 1 heterocycles. The first kappa shape index (κ1) is 12.6. The van der Waals surface area contributed by atoms with Crippen LogP contribution >= 0.6 is 11.8 Å². The van der Waals surface area contributed by atoms with Gasteiger partial charge in [0.25, 0.3) is 0 Å². The summed E-state index contributed by atoms with van der Waals surface area (Å²) >= 11 is 1.94. The number of rotatable bonds is 4. The molecule has 0 saturated heterocycles. The van der Waals surface area contributed by atoms with E-state index in [1.165, 1.54) is 16.0 Å². The molecule has 1 aliphatic rings. The Labute approximate surface area is 119 Å². The molecule has 0 spiro atoms. The summed E-state index contributed by atoms with van der Waals surface area (Å²) in [4.78, 5) is 1.42. The van der Waals surface area contributed by atoms with Crippen LogP contribution in [0.1, 0.15) is 24.0 Å². The van der Waals surface area contributed by atoms with E-state index >= 15 is 0 Å². The second kappa shape index (κ2) is 5.70. The third-order valence-electron chi connectivity index (χ3n) is 3.56. The summed E-state index contributed by atoms with van der Waals surface area (Å²) in [6.45, 7) is 2.94. The quantitative estimate of drug-likeness (QED) is 0.808. The van der Waals surface area contributed by atoms with Crippen molar-refractivity contribution in [3.8, 4) is 5.75 Å². The number of aryl methyl sites for hydroxylation is 1. The van der Waals surface area contributed by atoms with Crippen LogP contribution in [0.15, 0.2) is 53.4 Å². The van der Waals surface area contributed by atoms with Crippen LogP contribution in [-0.2, 0) is 6.42 Å². The van der Waals surface area contributed by atoms with E-state index in [-0.39, 0.29) is 0 Å². The molecule has 19 heavy (non-hydrogen) atoms. The first-order valence-corrected chi connectivity index (χ1v) is 7.79. The predicted molar refractivity (Wildman–Crippen MR) is 81.2 cm³/mol. The predicted octanol–water partition coefficient (Wildman–Crippen LogP) is 4.52. The van der Waals surface area contributed by atoms with Crippen molar-refractivity contribution in [1.82, 2.24) is 0 Å². The van der Waals surface area contributed by atoms with Gasteiger partial charge in [0.15, 0.2) is 0 Å². The number of hydrogen-bond acceptors (Lipinski definition) is 2. The van der Waals surface area contributed by atoms with Crippen LogP contribution in [0.5, 0.6) is 5.75 Å². The van der Waals surface area contributed by atoms with Gasteiger partial charge >= 0.3 is 0 Å². The molecule has 0 amide bonds. The fourth-order valence-electron chi connectivity index (χ4n) is 2.42. The zero-order valence-corrected chi connectivity index (χ0v) is 12.0. The van der Waals surface area contributed by atoms with E-state index in [1.54, 1.807) is 0 Å². The monoisotopic (exact) mass is 270 g/mol. The van der Waals surface area contributed by atoms with Gasteiger partial charge in [0, 0.05) is 16.6 Å². The van der Waals surface area contributed by atoms with Crippen molar-refractivity contribution < 1.29 is 4.74 Å². The molecule has 0 bridgehead atoms. The van der Waals surface area contributed by atoms with E-state index in [0.29, 0.717) is 5.92 Å². The maximum atomic E-state index is 5.98.